The van der Waals surface area contributed by atoms with Crippen LogP contribution >= 0.6 is 0 Å². The van der Waals surface area contributed by atoms with Crippen molar-refractivity contribution in [3.8, 4) is 0 Å². The fourth-order valence-corrected chi connectivity index (χ4v) is 7.16. The average Bonchev–Trinajstić information content (AvgIpc) is 3.13. The number of nitrogens with zero attached hydrogens (tertiary/aromatic N) is 6. The molecule has 0 amide bonds. The lowest BCUT2D eigenvalue weighted by molar-refractivity contribution is 0.875. The summed E-state index contributed by atoms with van der Waals surface area (Å²) >= 11 is 0. The van der Waals surface area contributed by atoms with Crippen molar-refractivity contribution in [3.63, 3.8) is 0 Å². The fraction of sp³-hybridized carbons (Fsp3) is 0.143. The van der Waals surface area contributed by atoms with Gasteiger partial charge in [0.25, 0.3) is 0 Å². The van der Waals surface area contributed by atoms with Gasteiger partial charge in [0.05, 0.1) is 11.4 Å². The maximum atomic E-state index is 4.34. The lowest BCUT2D eigenvalue weighted by Gasteiger charge is -2.31. The Morgan fingerprint density at radius 3 is 0.917 bits per heavy atom. The summed E-state index contributed by atoms with van der Waals surface area (Å²) in [5.74, 6) is 0.610. The van der Waals surface area contributed by atoms with Crippen LogP contribution in [0.1, 0.15) is 50.7 Å². The van der Waals surface area contributed by atoms with Gasteiger partial charge in [0.15, 0.2) is 0 Å². The fourth-order valence-electron chi connectivity index (χ4n) is 7.16. The van der Waals surface area contributed by atoms with Gasteiger partial charge in [0.1, 0.15) is 0 Å². The summed E-state index contributed by atoms with van der Waals surface area (Å²) in [6, 6.07) is 30.7. The van der Waals surface area contributed by atoms with E-state index in [4.69, 9.17) is 0 Å². The second-order valence-corrected chi connectivity index (χ2v) is 12.8. The maximum absolute atomic E-state index is 4.34. The van der Waals surface area contributed by atoms with Crippen LogP contribution in [0.15, 0.2) is 135 Å². The van der Waals surface area contributed by atoms with Gasteiger partial charge in [0, 0.05) is 83.1 Å². The van der Waals surface area contributed by atoms with Crippen molar-refractivity contribution < 1.29 is 0 Å². The van der Waals surface area contributed by atoms with Gasteiger partial charge in [-0.3, -0.25) is 19.9 Å². The summed E-state index contributed by atoms with van der Waals surface area (Å²) in [6.07, 6.45) is 14.9. The Bertz CT molecular complexity index is 2090. The van der Waals surface area contributed by atoms with Crippen molar-refractivity contribution in [1.29, 1.82) is 0 Å². The van der Waals surface area contributed by atoms with Crippen molar-refractivity contribution in [2.24, 2.45) is 0 Å². The molecule has 0 N–H and O–H groups in total. The minimum Gasteiger partial charge on any atom is -0.310 e. The van der Waals surface area contributed by atoms with Crippen LogP contribution in [0.5, 0.6) is 0 Å². The number of aromatic nitrogens is 4. The van der Waals surface area contributed by atoms with Crippen LogP contribution in [0.4, 0.5) is 34.1 Å². The van der Waals surface area contributed by atoms with Gasteiger partial charge < -0.3 is 9.80 Å². The molecule has 0 unspecified atom stereocenters. The van der Waals surface area contributed by atoms with Gasteiger partial charge in [0.2, 0.25) is 0 Å². The van der Waals surface area contributed by atoms with E-state index in [-0.39, 0.29) is 0 Å². The molecule has 0 aliphatic heterocycles. The quantitative estimate of drug-likeness (QED) is 0.157. The Labute approximate surface area is 280 Å². The zero-order valence-corrected chi connectivity index (χ0v) is 27.5. The molecule has 0 spiro atoms. The molecule has 6 nitrogen and oxygen atoms in total. The van der Waals surface area contributed by atoms with E-state index in [2.05, 4.69) is 142 Å². The number of hydrogen-bond donors (Lipinski definition) is 0. The molecule has 48 heavy (non-hydrogen) atoms. The van der Waals surface area contributed by atoms with Crippen LogP contribution in [0.25, 0.3) is 32.3 Å². The molecule has 0 aliphatic rings. The third-order valence-corrected chi connectivity index (χ3v) is 9.33. The van der Waals surface area contributed by atoms with Gasteiger partial charge in [-0.1, -0.05) is 52.0 Å². The molecule has 0 atom stereocenters. The molecule has 8 rings (SSSR count). The standard InChI is InChI=1S/C42H36N6/c1-27(2)37-25-39(47(29-9-17-43-18-10-29)30-11-19-44-20-12-30)35-8-6-34-38(28(3)4)26-40(36-7-5-33(37)41(35)42(34)36)48(31-13-21-45-22-14-31)32-15-23-46-24-16-32/h5-28H,1-4H3. The highest BCUT2D eigenvalue weighted by Crippen LogP contribution is 2.50. The van der Waals surface area contributed by atoms with E-state index in [1.165, 1.54) is 43.4 Å². The molecule has 4 aromatic heterocycles. The Kier molecular flexibility index (Phi) is 7.41. The summed E-state index contributed by atoms with van der Waals surface area (Å²) in [5.41, 5.74) is 9.09. The summed E-state index contributed by atoms with van der Waals surface area (Å²) in [5, 5.41) is 7.55. The minimum atomic E-state index is 0.305. The number of hydrogen-bond acceptors (Lipinski definition) is 6. The minimum absolute atomic E-state index is 0.305. The number of pyridine rings is 4. The molecule has 0 bridgehead atoms. The Morgan fingerprint density at radius 2 is 0.646 bits per heavy atom. The SMILES string of the molecule is CC(C)c1cc(N(c2ccncc2)c2ccncc2)c2ccc3c(C(C)C)cc(N(c4ccncc4)c4ccncc4)c4ccc1c2c34. The van der Waals surface area contributed by atoms with Crippen molar-refractivity contribution in [2.75, 3.05) is 9.80 Å². The summed E-state index contributed by atoms with van der Waals surface area (Å²) in [6.45, 7) is 9.16. The molecule has 0 saturated carbocycles. The molecule has 6 heteroatoms. The second-order valence-electron chi connectivity index (χ2n) is 12.8. The molecule has 234 valence electrons. The second kappa shape index (κ2) is 12.0. The highest BCUT2D eigenvalue weighted by molar-refractivity contribution is 6.29. The first kappa shape index (κ1) is 29.5. The van der Waals surface area contributed by atoms with Crippen LogP contribution in [-0.2, 0) is 0 Å². The van der Waals surface area contributed by atoms with E-state index < -0.39 is 0 Å². The van der Waals surface area contributed by atoms with Gasteiger partial charge in [-0.15, -0.1) is 0 Å². The first-order valence-corrected chi connectivity index (χ1v) is 16.5. The molecule has 4 aromatic carbocycles. The normalized spacial score (nSPS) is 11.7. The number of anilines is 6. The third-order valence-electron chi connectivity index (χ3n) is 9.33. The predicted octanol–water partition coefficient (Wildman–Crippen LogP) is 11.4. The van der Waals surface area contributed by atoms with Crippen LogP contribution < -0.4 is 9.80 Å². The zero-order chi connectivity index (χ0) is 32.8. The largest absolute Gasteiger partial charge is 0.310 e. The van der Waals surface area contributed by atoms with Crippen LogP contribution in [0, 0.1) is 0 Å². The topological polar surface area (TPSA) is 58.0 Å². The van der Waals surface area contributed by atoms with Crippen molar-refractivity contribution in [3.05, 3.63) is 146 Å². The summed E-state index contributed by atoms with van der Waals surface area (Å²) in [7, 11) is 0. The van der Waals surface area contributed by atoms with Gasteiger partial charge in [-0.25, -0.2) is 0 Å². The van der Waals surface area contributed by atoms with E-state index in [1.54, 1.807) is 0 Å². The molecule has 0 saturated heterocycles. The molecular weight excluding hydrogens is 589 g/mol. The van der Waals surface area contributed by atoms with Gasteiger partial charge >= 0.3 is 0 Å². The maximum Gasteiger partial charge on any atom is 0.0543 e. The van der Waals surface area contributed by atoms with E-state index in [0.717, 1.165) is 34.1 Å². The Morgan fingerprint density at radius 1 is 0.375 bits per heavy atom. The van der Waals surface area contributed by atoms with Gasteiger partial charge in [-0.05, 0) is 105 Å². The molecular formula is C42H36N6. The Hall–Kier alpha value is -5.88. The molecule has 0 aliphatic carbocycles. The zero-order valence-electron chi connectivity index (χ0n) is 27.5. The van der Waals surface area contributed by atoms with E-state index in [0.29, 0.717) is 11.8 Å². The summed E-state index contributed by atoms with van der Waals surface area (Å²) < 4.78 is 0. The Balaban J connectivity index is 1.53. The van der Waals surface area contributed by atoms with Crippen molar-refractivity contribution in [1.82, 2.24) is 19.9 Å². The third kappa shape index (κ3) is 4.88. The smallest absolute Gasteiger partial charge is 0.0543 e. The van der Waals surface area contributed by atoms with E-state index in [9.17, 15) is 0 Å². The van der Waals surface area contributed by atoms with Crippen LogP contribution in [0.3, 0.4) is 0 Å². The molecule has 4 heterocycles. The van der Waals surface area contributed by atoms with Crippen LogP contribution in [-0.4, -0.2) is 19.9 Å². The van der Waals surface area contributed by atoms with Crippen LogP contribution in [0.2, 0.25) is 0 Å². The van der Waals surface area contributed by atoms with E-state index in [1.807, 2.05) is 49.6 Å². The number of benzene rings is 4. The lowest BCUT2D eigenvalue weighted by atomic mass is 9.84. The highest BCUT2D eigenvalue weighted by atomic mass is 15.2. The highest BCUT2D eigenvalue weighted by Gasteiger charge is 2.25. The summed E-state index contributed by atoms with van der Waals surface area (Å²) in [4.78, 5) is 22.0. The first-order valence-electron chi connectivity index (χ1n) is 16.5. The lowest BCUT2D eigenvalue weighted by Crippen LogP contribution is -2.13. The van der Waals surface area contributed by atoms with Crippen molar-refractivity contribution in [2.45, 2.75) is 39.5 Å². The average molecular weight is 625 g/mol. The number of rotatable bonds is 8. The molecule has 0 radical (unpaired) electrons. The van der Waals surface area contributed by atoms with E-state index >= 15 is 0 Å². The molecule has 8 aromatic rings. The van der Waals surface area contributed by atoms with Crippen molar-refractivity contribution >= 4 is 66.4 Å². The predicted molar refractivity (Wildman–Crippen MR) is 199 cm³/mol. The molecule has 0 fully saturated rings. The van der Waals surface area contributed by atoms with Gasteiger partial charge in [-0.2, -0.15) is 0 Å². The monoisotopic (exact) mass is 624 g/mol. The first-order chi connectivity index (χ1) is 23.5.